The van der Waals surface area contributed by atoms with E-state index in [1.807, 2.05) is 81.4 Å². The summed E-state index contributed by atoms with van der Waals surface area (Å²) in [5, 5.41) is 5.31. The number of hydrogen-bond acceptors (Lipinski definition) is 5. The molecule has 7 heteroatoms. The lowest BCUT2D eigenvalue weighted by molar-refractivity contribution is 0.459. The van der Waals surface area contributed by atoms with Crippen molar-refractivity contribution in [3.05, 3.63) is 82.6 Å². The summed E-state index contributed by atoms with van der Waals surface area (Å²) in [5.74, 6) is 0. The van der Waals surface area contributed by atoms with Crippen molar-refractivity contribution >= 4 is 38.3 Å². The van der Waals surface area contributed by atoms with Crippen LogP contribution in [0.2, 0.25) is 0 Å². The van der Waals surface area contributed by atoms with Gasteiger partial charge in [-0.15, -0.1) is 4.72 Å². The molecule has 0 aliphatic carbocycles. The van der Waals surface area contributed by atoms with Gasteiger partial charge in [0.15, 0.2) is 5.58 Å². The Hall–Kier alpha value is -2.19. The van der Waals surface area contributed by atoms with Crippen LogP contribution in [0.25, 0.3) is 22.2 Å². The van der Waals surface area contributed by atoms with Crippen LogP contribution < -0.4 is 4.72 Å². The first kappa shape index (κ1) is 22.0. The quantitative estimate of drug-likeness (QED) is 0.331. The van der Waals surface area contributed by atoms with Crippen LogP contribution in [0.1, 0.15) is 38.1 Å². The molecule has 5 nitrogen and oxygen atoms in total. The lowest BCUT2D eigenvalue weighted by Gasteiger charge is -2.29. The molecule has 1 N–H and O–H groups in total. The Balaban J connectivity index is 1.81. The fourth-order valence-electron chi connectivity index (χ4n) is 3.38. The van der Waals surface area contributed by atoms with Gasteiger partial charge in [-0.1, -0.05) is 41.6 Å². The number of halogens is 1. The fraction of sp³-hybridized carbons (Fsp3) is 0.250. The first-order valence-electron chi connectivity index (χ1n) is 10.1. The highest BCUT2D eigenvalue weighted by atomic mass is 79.9. The van der Waals surface area contributed by atoms with Crippen molar-refractivity contribution in [2.75, 3.05) is 0 Å². The summed E-state index contributed by atoms with van der Waals surface area (Å²) in [6.07, 6.45) is 2.34. The summed E-state index contributed by atoms with van der Waals surface area (Å²) in [7, 11) is 0. The van der Waals surface area contributed by atoms with E-state index in [2.05, 4.69) is 30.8 Å². The Kier molecular flexibility index (Phi) is 6.48. The van der Waals surface area contributed by atoms with E-state index < -0.39 is 16.1 Å². The zero-order valence-electron chi connectivity index (χ0n) is 17.6. The summed E-state index contributed by atoms with van der Waals surface area (Å²) < 4.78 is 22.5. The van der Waals surface area contributed by atoms with Gasteiger partial charge < -0.3 is 9.08 Å². The number of hydrogen-bond donors (Lipinski definition) is 1. The maximum Gasteiger partial charge on any atom is 0.167 e. The van der Waals surface area contributed by atoms with E-state index in [9.17, 15) is 4.55 Å². The molecule has 1 unspecified atom stereocenters. The third-order valence-electron chi connectivity index (χ3n) is 5.01. The maximum atomic E-state index is 13.1. The first-order chi connectivity index (χ1) is 14.8. The molecule has 0 saturated carbocycles. The number of nitrogens with zero attached hydrogens (tertiary/aromatic N) is 2. The Morgan fingerprint density at radius 2 is 1.81 bits per heavy atom. The highest BCUT2D eigenvalue weighted by Crippen LogP contribution is 2.35. The van der Waals surface area contributed by atoms with E-state index in [0.29, 0.717) is 6.42 Å². The van der Waals surface area contributed by atoms with Gasteiger partial charge in [0.05, 0.1) is 11.7 Å². The van der Waals surface area contributed by atoms with E-state index in [1.54, 1.807) is 6.20 Å². The van der Waals surface area contributed by atoms with Gasteiger partial charge in [-0.2, -0.15) is 0 Å². The van der Waals surface area contributed by atoms with E-state index in [1.165, 1.54) is 0 Å². The molecule has 0 fully saturated rings. The number of fused-ring (bicyclic) bond motifs is 1. The molecule has 2 atom stereocenters. The Morgan fingerprint density at radius 1 is 1.06 bits per heavy atom. The van der Waals surface area contributed by atoms with Crippen LogP contribution in [0.4, 0.5) is 0 Å². The molecule has 31 heavy (non-hydrogen) atoms. The van der Waals surface area contributed by atoms with E-state index >= 15 is 0 Å². The van der Waals surface area contributed by atoms with Crippen molar-refractivity contribution < 1.29 is 9.08 Å². The van der Waals surface area contributed by atoms with Crippen molar-refractivity contribution in [3.8, 4) is 11.3 Å². The van der Waals surface area contributed by atoms with Crippen molar-refractivity contribution in [3.63, 3.8) is 0 Å². The molecule has 4 aromatic rings. The van der Waals surface area contributed by atoms with Gasteiger partial charge >= 0.3 is 0 Å². The lowest BCUT2D eigenvalue weighted by atomic mass is 9.94. The number of benzene rings is 2. The van der Waals surface area contributed by atoms with Crippen LogP contribution in [0.5, 0.6) is 0 Å². The highest BCUT2D eigenvalue weighted by molar-refractivity contribution is 9.10. The molecule has 0 aliphatic heterocycles. The van der Waals surface area contributed by atoms with Gasteiger partial charge in [0.25, 0.3) is 0 Å². The third-order valence-corrected chi connectivity index (χ3v) is 7.34. The molecule has 160 valence electrons. The minimum Gasteiger partial charge on any atom is -0.598 e. The normalized spacial score (nSPS) is 14.0. The second kappa shape index (κ2) is 9.12. The summed E-state index contributed by atoms with van der Waals surface area (Å²) in [5.41, 5.74) is 4.35. The molecule has 2 aromatic heterocycles. The van der Waals surface area contributed by atoms with Gasteiger partial charge in [-0.3, -0.25) is 4.98 Å². The highest BCUT2D eigenvalue weighted by Gasteiger charge is 2.32. The summed E-state index contributed by atoms with van der Waals surface area (Å²) in [6.45, 7) is 5.88. The zero-order chi connectivity index (χ0) is 22.0. The Bertz CT molecular complexity index is 1190. The van der Waals surface area contributed by atoms with Gasteiger partial charge in [0.2, 0.25) is 0 Å². The van der Waals surface area contributed by atoms with Crippen molar-refractivity contribution in [1.29, 1.82) is 0 Å². The maximum absolute atomic E-state index is 13.1. The van der Waals surface area contributed by atoms with Gasteiger partial charge in [-0.05, 0) is 66.5 Å². The Morgan fingerprint density at radius 3 is 2.58 bits per heavy atom. The smallest absolute Gasteiger partial charge is 0.167 e. The minimum atomic E-state index is -1.27. The van der Waals surface area contributed by atoms with Gasteiger partial charge in [0.1, 0.15) is 10.4 Å². The van der Waals surface area contributed by atoms with E-state index in [0.717, 1.165) is 38.0 Å². The number of rotatable bonds is 6. The van der Waals surface area contributed by atoms with Crippen LogP contribution in [-0.2, 0) is 17.8 Å². The second-order valence-corrected chi connectivity index (χ2v) is 11.2. The molecule has 0 aliphatic rings. The lowest BCUT2D eigenvalue weighted by Crippen LogP contribution is -2.42. The topological polar surface area (TPSA) is 74.0 Å². The molecular formula is C24H24BrN3O2S. The minimum absolute atomic E-state index is 0.238. The van der Waals surface area contributed by atoms with Crippen LogP contribution in [-0.4, -0.2) is 19.4 Å². The monoisotopic (exact) mass is 497 g/mol. The summed E-state index contributed by atoms with van der Waals surface area (Å²) in [4.78, 5) is 4.54. The SMILES string of the molecule is CC(C)(C)[S@+]([O-])NC(Cc1ncccc1Br)c1ccccc1-c1noc2ccccc12. The number of para-hydroxylation sites is 1. The average molecular weight is 498 g/mol. The van der Waals surface area contributed by atoms with Crippen molar-refractivity contribution in [2.45, 2.75) is 38.0 Å². The van der Waals surface area contributed by atoms with Gasteiger partial charge in [0, 0.05) is 39.4 Å². The molecule has 0 amide bonds. The van der Waals surface area contributed by atoms with Crippen LogP contribution in [0.15, 0.2) is 75.9 Å². The molecule has 0 spiro atoms. The van der Waals surface area contributed by atoms with E-state index in [-0.39, 0.29) is 6.04 Å². The number of pyridine rings is 1. The van der Waals surface area contributed by atoms with Crippen molar-refractivity contribution in [2.24, 2.45) is 0 Å². The second-order valence-electron chi connectivity index (χ2n) is 8.30. The third kappa shape index (κ3) is 4.85. The summed E-state index contributed by atoms with van der Waals surface area (Å²) >= 11 is 2.33. The average Bonchev–Trinajstić information content (AvgIpc) is 3.18. The molecule has 4 rings (SSSR count). The van der Waals surface area contributed by atoms with Crippen molar-refractivity contribution in [1.82, 2.24) is 14.9 Å². The molecule has 2 aromatic carbocycles. The number of nitrogens with one attached hydrogen (secondary N) is 1. The summed E-state index contributed by atoms with van der Waals surface area (Å²) in [6, 6.07) is 19.5. The van der Waals surface area contributed by atoms with E-state index in [4.69, 9.17) is 4.52 Å². The molecule has 0 radical (unpaired) electrons. The standard InChI is InChI=1S/C24H24BrN3O2S/c1-24(2,3)31(29)28-20(15-21-19(25)12-8-14-26-21)16-9-4-5-10-17(16)23-18-11-6-7-13-22(18)30-27-23/h4-14,20,28H,15H2,1-3H3/t20?,31-/m0/s1. The first-order valence-corrected chi connectivity index (χ1v) is 12.0. The molecule has 2 heterocycles. The number of aromatic nitrogens is 2. The predicted octanol–water partition coefficient (Wildman–Crippen LogP) is 5.99. The Labute approximate surface area is 193 Å². The zero-order valence-corrected chi connectivity index (χ0v) is 20.0. The van der Waals surface area contributed by atoms with Crippen LogP contribution >= 0.6 is 15.9 Å². The fourth-order valence-corrected chi connectivity index (χ4v) is 4.62. The molecule has 0 bridgehead atoms. The van der Waals surface area contributed by atoms with Gasteiger partial charge in [-0.25, -0.2) is 0 Å². The molecule has 0 saturated heterocycles. The van der Waals surface area contributed by atoms with Crippen LogP contribution in [0, 0.1) is 0 Å². The largest absolute Gasteiger partial charge is 0.598 e. The predicted molar refractivity (Wildman–Crippen MR) is 129 cm³/mol. The molecular weight excluding hydrogens is 474 g/mol. The van der Waals surface area contributed by atoms with Crippen LogP contribution in [0.3, 0.4) is 0 Å².